The van der Waals surface area contributed by atoms with E-state index < -0.39 is 11.6 Å². The van der Waals surface area contributed by atoms with Crippen molar-refractivity contribution in [3.05, 3.63) is 34.1 Å². The molecule has 1 N–H and O–H groups in total. The monoisotopic (exact) mass is 348 g/mol. The lowest BCUT2D eigenvalue weighted by Crippen LogP contribution is -2.40. The van der Waals surface area contributed by atoms with Gasteiger partial charge in [-0.05, 0) is 30.7 Å². The van der Waals surface area contributed by atoms with E-state index in [1.807, 2.05) is 17.5 Å². The van der Waals surface area contributed by atoms with Gasteiger partial charge < -0.3 is 9.84 Å². The summed E-state index contributed by atoms with van der Waals surface area (Å²) in [7, 11) is 0. The lowest BCUT2D eigenvalue weighted by molar-refractivity contribution is -0.131. The molecule has 128 valence electrons. The number of imide groups is 1. The average molecular weight is 348 g/mol. The number of rotatable bonds is 6. The summed E-state index contributed by atoms with van der Waals surface area (Å²) in [4.78, 5) is 31.2. The Morgan fingerprint density at radius 1 is 1.42 bits per heavy atom. The molecule has 2 aromatic heterocycles. The van der Waals surface area contributed by atoms with Crippen molar-refractivity contribution >= 4 is 23.3 Å². The lowest BCUT2D eigenvalue weighted by atomic mass is 10.0. The molecule has 0 aliphatic carbocycles. The standard InChI is InChI=1S/C16H20N4O3S/c1-10(2)6-7-12-17-13(23-19-12)9-20-14(21)16(3,18-15(20)22)11-5-4-8-24-11/h4-5,8,10H,6-7,9H2,1-3H3,(H,18,22)/t16-/m0/s1. The SMILES string of the molecule is CC(C)CCc1noc(CN2C(=O)N[C@@](C)(c3cccs3)C2=O)n1. The fraction of sp³-hybridized carbons (Fsp3) is 0.500. The van der Waals surface area contributed by atoms with E-state index in [0.29, 0.717) is 18.2 Å². The van der Waals surface area contributed by atoms with E-state index in [1.54, 1.807) is 6.92 Å². The molecule has 1 aliphatic rings. The van der Waals surface area contributed by atoms with Crippen LogP contribution in [0.15, 0.2) is 22.0 Å². The number of urea groups is 1. The van der Waals surface area contributed by atoms with Gasteiger partial charge >= 0.3 is 6.03 Å². The van der Waals surface area contributed by atoms with Crippen LogP contribution in [0.25, 0.3) is 0 Å². The first-order valence-corrected chi connectivity index (χ1v) is 8.77. The molecule has 1 atom stereocenters. The van der Waals surface area contributed by atoms with E-state index in [1.165, 1.54) is 11.3 Å². The van der Waals surface area contributed by atoms with Crippen molar-refractivity contribution in [2.75, 3.05) is 0 Å². The molecular weight excluding hydrogens is 328 g/mol. The molecule has 0 aromatic carbocycles. The number of carbonyl (C=O) groups is 2. The molecule has 1 aliphatic heterocycles. The van der Waals surface area contributed by atoms with Gasteiger partial charge in [0.15, 0.2) is 11.4 Å². The van der Waals surface area contributed by atoms with Gasteiger partial charge in [-0.2, -0.15) is 4.98 Å². The Morgan fingerprint density at radius 2 is 2.21 bits per heavy atom. The Labute approximate surface area is 144 Å². The molecular formula is C16H20N4O3S. The molecule has 0 unspecified atom stereocenters. The normalized spacial score (nSPS) is 20.9. The van der Waals surface area contributed by atoms with Gasteiger partial charge in [0.05, 0.1) is 0 Å². The predicted octanol–water partition coefficient (Wildman–Crippen LogP) is 2.69. The maximum absolute atomic E-state index is 12.7. The zero-order valence-electron chi connectivity index (χ0n) is 13.9. The zero-order chi connectivity index (χ0) is 17.3. The fourth-order valence-corrected chi connectivity index (χ4v) is 3.41. The molecule has 0 saturated carbocycles. The molecule has 8 heteroatoms. The molecule has 3 rings (SSSR count). The zero-order valence-corrected chi connectivity index (χ0v) is 14.7. The van der Waals surface area contributed by atoms with Crippen LogP contribution in [-0.2, 0) is 23.3 Å². The number of aryl methyl sites for hydroxylation is 1. The molecule has 0 spiro atoms. The summed E-state index contributed by atoms with van der Waals surface area (Å²) in [5.74, 6) is 1.11. The molecule has 1 saturated heterocycles. The number of hydrogen-bond acceptors (Lipinski definition) is 6. The molecule has 24 heavy (non-hydrogen) atoms. The van der Waals surface area contributed by atoms with Crippen molar-refractivity contribution in [2.24, 2.45) is 5.92 Å². The number of nitrogens with zero attached hydrogens (tertiary/aromatic N) is 3. The minimum atomic E-state index is -1.04. The van der Waals surface area contributed by atoms with Crippen molar-refractivity contribution in [1.29, 1.82) is 0 Å². The van der Waals surface area contributed by atoms with Crippen molar-refractivity contribution < 1.29 is 14.1 Å². The van der Waals surface area contributed by atoms with Crippen LogP contribution in [0.4, 0.5) is 4.79 Å². The Morgan fingerprint density at radius 3 is 2.88 bits per heavy atom. The summed E-state index contributed by atoms with van der Waals surface area (Å²) >= 11 is 1.43. The number of nitrogens with one attached hydrogen (secondary N) is 1. The molecule has 3 heterocycles. The van der Waals surface area contributed by atoms with Crippen LogP contribution in [0.2, 0.25) is 0 Å². The van der Waals surface area contributed by atoms with Crippen LogP contribution < -0.4 is 5.32 Å². The summed E-state index contributed by atoms with van der Waals surface area (Å²) in [6.07, 6.45) is 1.67. The van der Waals surface area contributed by atoms with Gasteiger partial charge in [0, 0.05) is 11.3 Å². The first-order chi connectivity index (χ1) is 11.4. The van der Waals surface area contributed by atoms with Crippen molar-refractivity contribution in [3.63, 3.8) is 0 Å². The third-order valence-electron chi connectivity index (χ3n) is 4.04. The molecule has 2 aromatic rings. The van der Waals surface area contributed by atoms with Crippen LogP contribution >= 0.6 is 11.3 Å². The highest BCUT2D eigenvalue weighted by atomic mass is 32.1. The molecule has 1 fully saturated rings. The van der Waals surface area contributed by atoms with E-state index in [-0.39, 0.29) is 18.3 Å². The number of thiophene rings is 1. The van der Waals surface area contributed by atoms with Crippen LogP contribution in [0, 0.1) is 5.92 Å². The van der Waals surface area contributed by atoms with E-state index in [4.69, 9.17) is 4.52 Å². The highest BCUT2D eigenvalue weighted by Crippen LogP contribution is 2.32. The van der Waals surface area contributed by atoms with Gasteiger partial charge in [0.2, 0.25) is 5.89 Å². The first kappa shape index (κ1) is 16.6. The second-order valence-corrected chi connectivity index (χ2v) is 7.41. The van der Waals surface area contributed by atoms with Crippen molar-refractivity contribution in [2.45, 2.75) is 45.7 Å². The molecule has 0 radical (unpaired) electrons. The summed E-state index contributed by atoms with van der Waals surface area (Å²) < 4.78 is 5.18. The molecule has 3 amide bonds. The third-order valence-corrected chi connectivity index (χ3v) is 5.13. The van der Waals surface area contributed by atoms with Crippen molar-refractivity contribution in [3.8, 4) is 0 Å². The lowest BCUT2D eigenvalue weighted by Gasteiger charge is -2.19. The minimum Gasteiger partial charge on any atom is -0.337 e. The third kappa shape index (κ3) is 3.06. The van der Waals surface area contributed by atoms with Crippen LogP contribution in [0.3, 0.4) is 0 Å². The molecule has 7 nitrogen and oxygen atoms in total. The number of aromatic nitrogens is 2. The van der Waals surface area contributed by atoms with Gasteiger partial charge in [-0.3, -0.25) is 9.69 Å². The summed E-state index contributed by atoms with van der Waals surface area (Å²) in [6.45, 7) is 5.94. The van der Waals surface area contributed by atoms with Gasteiger partial charge in [0.25, 0.3) is 5.91 Å². The summed E-state index contributed by atoms with van der Waals surface area (Å²) in [6, 6.07) is 3.24. The molecule has 0 bridgehead atoms. The Hall–Kier alpha value is -2.22. The highest BCUT2D eigenvalue weighted by Gasteiger charge is 2.50. The number of hydrogen-bond donors (Lipinski definition) is 1. The predicted molar refractivity (Wildman–Crippen MR) is 88.2 cm³/mol. The van der Waals surface area contributed by atoms with Crippen LogP contribution in [-0.4, -0.2) is 27.0 Å². The van der Waals surface area contributed by atoms with Crippen LogP contribution in [0.1, 0.15) is 43.8 Å². The second kappa shape index (κ2) is 6.35. The maximum atomic E-state index is 12.7. The van der Waals surface area contributed by atoms with Crippen LogP contribution in [0.5, 0.6) is 0 Å². The second-order valence-electron chi connectivity index (χ2n) is 6.46. The smallest absolute Gasteiger partial charge is 0.325 e. The quantitative estimate of drug-likeness (QED) is 0.811. The first-order valence-electron chi connectivity index (χ1n) is 7.89. The Kier molecular flexibility index (Phi) is 4.40. The van der Waals surface area contributed by atoms with Gasteiger partial charge in [-0.15, -0.1) is 11.3 Å². The Bertz CT molecular complexity index is 740. The van der Waals surface area contributed by atoms with E-state index in [2.05, 4.69) is 29.3 Å². The van der Waals surface area contributed by atoms with E-state index in [0.717, 1.165) is 16.2 Å². The number of carbonyl (C=O) groups excluding carboxylic acids is 2. The topological polar surface area (TPSA) is 88.3 Å². The summed E-state index contributed by atoms with van der Waals surface area (Å²) in [5, 5.41) is 8.55. The number of amides is 3. The largest absolute Gasteiger partial charge is 0.337 e. The fourth-order valence-electron chi connectivity index (χ4n) is 2.58. The maximum Gasteiger partial charge on any atom is 0.325 e. The minimum absolute atomic E-state index is 0.0136. The van der Waals surface area contributed by atoms with E-state index >= 15 is 0 Å². The van der Waals surface area contributed by atoms with Gasteiger partial charge in [0.1, 0.15) is 6.54 Å². The van der Waals surface area contributed by atoms with Gasteiger partial charge in [-0.1, -0.05) is 25.1 Å². The van der Waals surface area contributed by atoms with E-state index in [9.17, 15) is 9.59 Å². The van der Waals surface area contributed by atoms with Crippen molar-refractivity contribution in [1.82, 2.24) is 20.4 Å². The summed E-state index contributed by atoms with van der Waals surface area (Å²) in [5.41, 5.74) is -1.04. The average Bonchev–Trinajstić information content (AvgIpc) is 3.24. The van der Waals surface area contributed by atoms with Gasteiger partial charge in [-0.25, -0.2) is 4.79 Å². The highest BCUT2D eigenvalue weighted by molar-refractivity contribution is 7.10. The Balaban J connectivity index is 1.72.